The first-order valence-electron chi connectivity index (χ1n) is 5.38. The number of nitrogens with two attached hydrogens (primary N) is 1. The zero-order valence-corrected chi connectivity index (χ0v) is 10.4. The van der Waals surface area contributed by atoms with Crippen LogP contribution in [-0.2, 0) is 14.3 Å². The molecule has 5 nitrogen and oxygen atoms in total. The van der Waals surface area contributed by atoms with Crippen molar-refractivity contribution in [3.63, 3.8) is 0 Å². The zero-order chi connectivity index (χ0) is 13.5. The fourth-order valence-electron chi connectivity index (χ4n) is 1.24. The first-order chi connectivity index (χ1) is 8.52. The normalized spacial score (nSPS) is 10.3. The van der Waals surface area contributed by atoms with Gasteiger partial charge in [0.25, 0.3) is 0 Å². The molecule has 0 fully saturated rings. The van der Waals surface area contributed by atoms with Gasteiger partial charge in [0.05, 0.1) is 7.11 Å². The van der Waals surface area contributed by atoms with E-state index in [9.17, 15) is 9.59 Å². The van der Waals surface area contributed by atoms with Gasteiger partial charge in [0.15, 0.2) is 0 Å². The number of hydrogen-bond donors (Lipinski definition) is 1. The van der Waals surface area contributed by atoms with Crippen LogP contribution >= 0.6 is 0 Å². The van der Waals surface area contributed by atoms with Crippen LogP contribution < -0.4 is 5.73 Å². The lowest BCUT2D eigenvalue weighted by Crippen LogP contribution is -2.31. The molecule has 1 rings (SSSR count). The number of amides is 1. The molecule has 5 heteroatoms. The number of rotatable bonds is 4. The van der Waals surface area contributed by atoms with Crippen molar-refractivity contribution in [2.24, 2.45) is 0 Å². The SMILES string of the molecule is COC(=O)CN(C)C(=O)/C=C/c1ccc(N)cc1. The lowest BCUT2D eigenvalue weighted by atomic mass is 10.2. The Kier molecular flexibility index (Phi) is 4.92. The van der Waals surface area contributed by atoms with Crippen molar-refractivity contribution < 1.29 is 14.3 Å². The largest absolute Gasteiger partial charge is 0.468 e. The molecule has 0 saturated carbocycles. The van der Waals surface area contributed by atoms with Crippen molar-refractivity contribution in [1.82, 2.24) is 4.90 Å². The molecule has 0 radical (unpaired) electrons. The highest BCUT2D eigenvalue weighted by atomic mass is 16.5. The van der Waals surface area contributed by atoms with Gasteiger partial charge in [0.2, 0.25) is 5.91 Å². The van der Waals surface area contributed by atoms with Gasteiger partial charge in [-0.1, -0.05) is 12.1 Å². The summed E-state index contributed by atoms with van der Waals surface area (Å²) in [4.78, 5) is 23.9. The van der Waals surface area contributed by atoms with Crippen molar-refractivity contribution in [1.29, 1.82) is 0 Å². The molecule has 0 aromatic heterocycles. The molecule has 0 unspecified atom stereocenters. The molecule has 0 heterocycles. The number of carbonyl (C=O) groups is 2. The molecule has 0 aliphatic carbocycles. The lowest BCUT2D eigenvalue weighted by molar-refractivity contribution is -0.144. The predicted molar refractivity (Wildman–Crippen MR) is 69.5 cm³/mol. The van der Waals surface area contributed by atoms with E-state index in [1.54, 1.807) is 30.3 Å². The maximum atomic E-state index is 11.6. The third kappa shape index (κ3) is 4.29. The molecule has 0 aliphatic rings. The van der Waals surface area contributed by atoms with Crippen molar-refractivity contribution >= 4 is 23.6 Å². The lowest BCUT2D eigenvalue weighted by Gasteiger charge is -2.12. The van der Waals surface area contributed by atoms with Gasteiger partial charge in [-0.25, -0.2) is 0 Å². The first kappa shape index (κ1) is 13.8. The fraction of sp³-hybridized carbons (Fsp3) is 0.231. The molecular weight excluding hydrogens is 232 g/mol. The van der Waals surface area contributed by atoms with Gasteiger partial charge in [0, 0.05) is 18.8 Å². The van der Waals surface area contributed by atoms with Gasteiger partial charge in [-0.15, -0.1) is 0 Å². The summed E-state index contributed by atoms with van der Waals surface area (Å²) in [6.07, 6.45) is 3.06. The van der Waals surface area contributed by atoms with Crippen LogP contribution in [0.15, 0.2) is 30.3 Å². The van der Waals surface area contributed by atoms with Gasteiger partial charge in [0.1, 0.15) is 6.54 Å². The third-order valence-corrected chi connectivity index (χ3v) is 2.32. The molecule has 0 saturated heterocycles. The van der Waals surface area contributed by atoms with Gasteiger partial charge in [-0.05, 0) is 23.8 Å². The first-order valence-corrected chi connectivity index (χ1v) is 5.38. The van der Waals surface area contributed by atoms with E-state index < -0.39 is 5.97 Å². The van der Waals surface area contributed by atoms with Gasteiger partial charge >= 0.3 is 5.97 Å². The Bertz CT molecular complexity index is 452. The van der Waals surface area contributed by atoms with Gasteiger partial charge < -0.3 is 15.4 Å². The molecule has 0 spiro atoms. The summed E-state index contributed by atoms with van der Waals surface area (Å²) in [7, 11) is 2.82. The molecule has 0 aliphatic heterocycles. The molecule has 1 amide bonds. The topological polar surface area (TPSA) is 72.6 Å². The van der Waals surface area contributed by atoms with E-state index in [0.29, 0.717) is 5.69 Å². The van der Waals surface area contributed by atoms with Crippen LogP contribution in [0.2, 0.25) is 0 Å². The number of hydrogen-bond acceptors (Lipinski definition) is 4. The van der Waals surface area contributed by atoms with E-state index >= 15 is 0 Å². The van der Waals surface area contributed by atoms with Crippen LogP contribution in [0.1, 0.15) is 5.56 Å². The molecule has 1 aromatic carbocycles. The fourth-order valence-corrected chi connectivity index (χ4v) is 1.24. The summed E-state index contributed by atoms with van der Waals surface area (Å²) in [6, 6.07) is 7.11. The second-order valence-electron chi connectivity index (χ2n) is 3.77. The number of ether oxygens (including phenoxy) is 1. The number of nitrogens with zero attached hydrogens (tertiary/aromatic N) is 1. The average molecular weight is 248 g/mol. The second kappa shape index (κ2) is 6.44. The van der Waals surface area contributed by atoms with Crippen LogP contribution in [0.5, 0.6) is 0 Å². The minimum atomic E-state index is -0.452. The van der Waals surface area contributed by atoms with Crippen molar-refractivity contribution in [2.75, 3.05) is 26.4 Å². The maximum absolute atomic E-state index is 11.6. The van der Waals surface area contributed by atoms with Crippen LogP contribution in [0.3, 0.4) is 0 Å². The molecule has 96 valence electrons. The van der Waals surface area contributed by atoms with E-state index in [2.05, 4.69) is 4.74 Å². The highest BCUT2D eigenvalue weighted by molar-refractivity contribution is 5.93. The molecular formula is C13H16N2O3. The third-order valence-electron chi connectivity index (χ3n) is 2.32. The predicted octanol–water partition coefficient (Wildman–Crippen LogP) is 0.913. The monoisotopic (exact) mass is 248 g/mol. The Morgan fingerprint density at radius 2 is 1.94 bits per heavy atom. The summed E-state index contributed by atoms with van der Waals surface area (Å²) < 4.78 is 4.48. The number of likely N-dealkylation sites (N-methyl/N-ethyl adjacent to an activating group) is 1. The zero-order valence-electron chi connectivity index (χ0n) is 10.4. The van der Waals surface area contributed by atoms with Crippen molar-refractivity contribution in [3.05, 3.63) is 35.9 Å². The van der Waals surface area contributed by atoms with Crippen LogP contribution in [-0.4, -0.2) is 37.5 Å². The molecule has 0 atom stereocenters. The second-order valence-corrected chi connectivity index (χ2v) is 3.77. The molecule has 2 N–H and O–H groups in total. The summed E-state index contributed by atoms with van der Waals surface area (Å²) in [5.74, 6) is -0.719. The minimum absolute atomic E-state index is 0.0680. The minimum Gasteiger partial charge on any atom is -0.468 e. The standard InChI is InChI=1S/C13H16N2O3/c1-15(9-13(17)18-2)12(16)8-5-10-3-6-11(14)7-4-10/h3-8H,9,14H2,1-2H3/b8-5+. The number of methoxy groups -OCH3 is 1. The Morgan fingerprint density at radius 1 is 1.33 bits per heavy atom. The summed E-state index contributed by atoms with van der Waals surface area (Å²) in [6.45, 7) is -0.0680. The van der Waals surface area contributed by atoms with Gasteiger partial charge in [-0.2, -0.15) is 0 Å². The molecule has 1 aromatic rings. The number of nitrogen functional groups attached to an aromatic ring is 1. The Hall–Kier alpha value is -2.30. The summed E-state index contributed by atoms with van der Waals surface area (Å²) >= 11 is 0. The van der Waals surface area contributed by atoms with E-state index in [0.717, 1.165) is 5.56 Å². The molecule has 0 bridgehead atoms. The number of benzene rings is 1. The van der Waals surface area contributed by atoms with E-state index in [-0.39, 0.29) is 12.5 Å². The van der Waals surface area contributed by atoms with Crippen LogP contribution in [0.25, 0.3) is 6.08 Å². The summed E-state index contributed by atoms with van der Waals surface area (Å²) in [5.41, 5.74) is 7.08. The van der Waals surface area contributed by atoms with Crippen LogP contribution in [0.4, 0.5) is 5.69 Å². The number of anilines is 1. The van der Waals surface area contributed by atoms with E-state index in [4.69, 9.17) is 5.73 Å². The smallest absolute Gasteiger partial charge is 0.325 e. The quantitative estimate of drug-likeness (QED) is 0.488. The number of esters is 1. The average Bonchev–Trinajstić information content (AvgIpc) is 2.37. The van der Waals surface area contributed by atoms with E-state index in [1.807, 2.05) is 0 Å². The van der Waals surface area contributed by atoms with Gasteiger partial charge in [-0.3, -0.25) is 9.59 Å². The Labute approximate surface area is 106 Å². The highest BCUT2D eigenvalue weighted by Gasteiger charge is 2.09. The highest BCUT2D eigenvalue weighted by Crippen LogP contribution is 2.07. The van der Waals surface area contributed by atoms with Crippen molar-refractivity contribution in [2.45, 2.75) is 0 Å². The Balaban J connectivity index is 2.58. The van der Waals surface area contributed by atoms with Crippen LogP contribution in [0, 0.1) is 0 Å². The van der Waals surface area contributed by atoms with E-state index in [1.165, 1.54) is 25.1 Å². The maximum Gasteiger partial charge on any atom is 0.325 e. The molecule has 18 heavy (non-hydrogen) atoms. The van der Waals surface area contributed by atoms with Crippen molar-refractivity contribution in [3.8, 4) is 0 Å². The number of carbonyl (C=O) groups excluding carboxylic acids is 2. The Morgan fingerprint density at radius 3 is 2.50 bits per heavy atom. The summed E-state index contributed by atoms with van der Waals surface area (Å²) in [5, 5.41) is 0.